The SMILES string of the molecule is CC(C)(O)CNc1ccc(-c2nc(C(C)(C)c3ccc(-c4cnc(N)nc4)cc3)no2)cc1. The van der Waals surface area contributed by atoms with E-state index in [-0.39, 0.29) is 5.95 Å². The summed E-state index contributed by atoms with van der Waals surface area (Å²) in [7, 11) is 0. The molecule has 2 aromatic heterocycles. The second kappa shape index (κ2) is 8.63. The van der Waals surface area contributed by atoms with Crippen LogP contribution in [0.15, 0.2) is 65.4 Å². The van der Waals surface area contributed by atoms with Crippen molar-refractivity contribution in [1.29, 1.82) is 0 Å². The molecule has 0 spiro atoms. The maximum Gasteiger partial charge on any atom is 0.257 e. The lowest BCUT2D eigenvalue weighted by Gasteiger charge is -2.21. The Morgan fingerprint density at radius 3 is 2.09 bits per heavy atom. The molecule has 4 rings (SSSR count). The number of nitrogens with zero attached hydrogens (tertiary/aromatic N) is 4. The van der Waals surface area contributed by atoms with Gasteiger partial charge in [0.25, 0.3) is 5.89 Å². The predicted octanol–water partition coefficient (Wildman–Crippen LogP) is 4.28. The molecule has 0 bridgehead atoms. The lowest BCUT2D eigenvalue weighted by Crippen LogP contribution is -2.29. The van der Waals surface area contributed by atoms with Crippen molar-refractivity contribution in [1.82, 2.24) is 20.1 Å². The summed E-state index contributed by atoms with van der Waals surface area (Å²) in [6, 6.07) is 15.8. The van der Waals surface area contributed by atoms with Gasteiger partial charge in [-0.3, -0.25) is 0 Å². The van der Waals surface area contributed by atoms with Crippen molar-refractivity contribution in [3.05, 3.63) is 72.3 Å². The van der Waals surface area contributed by atoms with Gasteiger partial charge in [0, 0.05) is 35.8 Å². The van der Waals surface area contributed by atoms with Gasteiger partial charge in [0.2, 0.25) is 5.95 Å². The fraction of sp³-hybridized carbons (Fsp3) is 0.280. The van der Waals surface area contributed by atoms with Crippen LogP contribution in [0.1, 0.15) is 39.1 Å². The number of benzene rings is 2. The zero-order valence-electron chi connectivity index (χ0n) is 19.2. The molecule has 0 aliphatic heterocycles. The van der Waals surface area contributed by atoms with E-state index in [0.29, 0.717) is 18.3 Å². The van der Waals surface area contributed by atoms with Crippen molar-refractivity contribution < 1.29 is 9.63 Å². The van der Waals surface area contributed by atoms with Crippen LogP contribution in [0.4, 0.5) is 11.6 Å². The minimum absolute atomic E-state index is 0.254. The van der Waals surface area contributed by atoms with E-state index in [1.807, 2.05) is 48.5 Å². The molecule has 2 aromatic carbocycles. The van der Waals surface area contributed by atoms with Gasteiger partial charge in [0.05, 0.1) is 11.0 Å². The monoisotopic (exact) mass is 444 g/mol. The third-order valence-electron chi connectivity index (χ3n) is 5.45. The molecule has 0 unspecified atom stereocenters. The molecule has 8 nitrogen and oxygen atoms in total. The van der Waals surface area contributed by atoms with Gasteiger partial charge < -0.3 is 20.7 Å². The summed E-state index contributed by atoms with van der Waals surface area (Å²) in [5, 5.41) is 17.3. The summed E-state index contributed by atoms with van der Waals surface area (Å²) in [5.74, 6) is 1.32. The summed E-state index contributed by atoms with van der Waals surface area (Å²) in [5.41, 5.74) is 9.03. The van der Waals surface area contributed by atoms with E-state index in [0.717, 1.165) is 27.9 Å². The number of aromatic nitrogens is 4. The molecule has 0 atom stereocenters. The molecule has 33 heavy (non-hydrogen) atoms. The van der Waals surface area contributed by atoms with Gasteiger partial charge in [-0.2, -0.15) is 4.98 Å². The second-order valence-corrected chi connectivity index (χ2v) is 9.20. The minimum atomic E-state index is -0.785. The third kappa shape index (κ3) is 5.18. The van der Waals surface area contributed by atoms with Crippen molar-refractivity contribution in [3.63, 3.8) is 0 Å². The standard InChI is InChI=1S/C25H28N6O2/c1-24(2,32)15-29-20-11-7-17(8-12-20)21-30-22(31-33-21)25(3,4)19-9-5-16(6-10-19)18-13-27-23(26)28-14-18/h5-14,29,32H,15H2,1-4H3,(H2,26,27,28). The summed E-state index contributed by atoms with van der Waals surface area (Å²) in [4.78, 5) is 12.8. The summed E-state index contributed by atoms with van der Waals surface area (Å²) in [6.45, 7) is 8.10. The number of hydrogen-bond donors (Lipinski definition) is 3. The average molecular weight is 445 g/mol. The first-order chi connectivity index (χ1) is 15.6. The van der Waals surface area contributed by atoms with Crippen LogP contribution in [0, 0.1) is 0 Å². The normalized spacial score (nSPS) is 12.0. The maximum atomic E-state index is 9.86. The Morgan fingerprint density at radius 1 is 0.879 bits per heavy atom. The number of hydrogen-bond acceptors (Lipinski definition) is 8. The minimum Gasteiger partial charge on any atom is -0.389 e. The third-order valence-corrected chi connectivity index (χ3v) is 5.45. The summed E-state index contributed by atoms with van der Waals surface area (Å²) < 4.78 is 5.57. The Kier molecular flexibility index (Phi) is 5.86. The van der Waals surface area contributed by atoms with Crippen LogP contribution >= 0.6 is 0 Å². The quantitative estimate of drug-likeness (QED) is 0.386. The largest absolute Gasteiger partial charge is 0.389 e. The van der Waals surface area contributed by atoms with Crippen LogP contribution in [-0.4, -0.2) is 37.4 Å². The molecule has 0 fully saturated rings. The van der Waals surface area contributed by atoms with Gasteiger partial charge in [0.1, 0.15) is 0 Å². The van der Waals surface area contributed by atoms with Crippen molar-refractivity contribution in [2.45, 2.75) is 38.7 Å². The topological polar surface area (TPSA) is 123 Å². The number of nitrogens with one attached hydrogen (secondary N) is 1. The Bertz CT molecular complexity index is 1210. The number of nitrogen functional groups attached to an aromatic ring is 1. The zero-order chi connectivity index (χ0) is 23.6. The van der Waals surface area contributed by atoms with Crippen LogP contribution in [-0.2, 0) is 5.41 Å². The zero-order valence-corrected chi connectivity index (χ0v) is 19.2. The Balaban J connectivity index is 1.50. The van der Waals surface area contributed by atoms with Crippen LogP contribution in [0.3, 0.4) is 0 Å². The lowest BCUT2D eigenvalue weighted by molar-refractivity contribution is 0.0945. The van der Waals surface area contributed by atoms with E-state index in [4.69, 9.17) is 10.3 Å². The summed E-state index contributed by atoms with van der Waals surface area (Å²) >= 11 is 0. The Labute approximate surface area is 192 Å². The molecule has 0 aliphatic rings. The highest BCUT2D eigenvalue weighted by Gasteiger charge is 2.29. The molecule has 0 aliphatic carbocycles. The van der Waals surface area contributed by atoms with Crippen molar-refractivity contribution in [3.8, 4) is 22.6 Å². The van der Waals surface area contributed by atoms with Crippen LogP contribution in [0.5, 0.6) is 0 Å². The molecule has 8 heteroatoms. The second-order valence-electron chi connectivity index (χ2n) is 9.20. The van der Waals surface area contributed by atoms with Gasteiger partial charge in [-0.05, 0) is 63.1 Å². The van der Waals surface area contributed by atoms with Crippen LogP contribution in [0.2, 0.25) is 0 Å². The molecule has 4 aromatic rings. The smallest absolute Gasteiger partial charge is 0.257 e. The molecule has 4 N–H and O–H groups in total. The first-order valence-electron chi connectivity index (χ1n) is 10.7. The molecular weight excluding hydrogens is 416 g/mol. The average Bonchev–Trinajstić information content (AvgIpc) is 3.29. The predicted molar refractivity (Wildman–Crippen MR) is 129 cm³/mol. The van der Waals surface area contributed by atoms with E-state index < -0.39 is 11.0 Å². The highest BCUT2D eigenvalue weighted by atomic mass is 16.5. The van der Waals surface area contributed by atoms with E-state index in [2.05, 4.69) is 39.3 Å². The maximum absolute atomic E-state index is 9.86. The fourth-order valence-electron chi connectivity index (χ4n) is 3.34. The Hall–Kier alpha value is -3.78. The van der Waals surface area contributed by atoms with Crippen LogP contribution in [0.25, 0.3) is 22.6 Å². The molecule has 2 heterocycles. The molecule has 170 valence electrons. The van der Waals surface area contributed by atoms with Gasteiger partial charge >= 0.3 is 0 Å². The number of rotatable bonds is 7. The highest BCUT2D eigenvalue weighted by Crippen LogP contribution is 2.32. The summed E-state index contributed by atoms with van der Waals surface area (Å²) in [6.07, 6.45) is 3.42. The van der Waals surface area contributed by atoms with E-state index >= 15 is 0 Å². The van der Waals surface area contributed by atoms with Gasteiger partial charge in [-0.1, -0.05) is 29.4 Å². The molecule has 0 amide bonds. The fourth-order valence-corrected chi connectivity index (χ4v) is 3.34. The number of nitrogens with two attached hydrogens (primary N) is 1. The van der Waals surface area contributed by atoms with Crippen molar-refractivity contribution >= 4 is 11.6 Å². The molecule has 0 saturated heterocycles. The first-order valence-corrected chi connectivity index (χ1v) is 10.7. The van der Waals surface area contributed by atoms with Gasteiger partial charge in [0.15, 0.2) is 5.82 Å². The highest BCUT2D eigenvalue weighted by molar-refractivity contribution is 5.63. The van der Waals surface area contributed by atoms with Gasteiger partial charge in [-0.15, -0.1) is 0 Å². The van der Waals surface area contributed by atoms with E-state index in [1.165, 1.54) is 0 Å². The Morgan fingerprint density at radius 2 is 1.48 bits per heavy atom. The molecule has 0 radical (unpaired) electrons. The van der Waals surface area contributed by atoms with Crippen LogP contribution < -0.4 is 11.1 Å². The van der Waals surface area contributed by atoms with E-state index in [9.17, 15) is 5.11 Å². The van der Waals surface area contributed by atoms with Crippen molar-refractivity contribution in [2.75, 3.05) is 17.6 Å². The number of aliphatic hydroxyl groups is 1. The van der Waals surface area contributed by atoms with Gasteiger partial charge in [-0.25, -0.2) is 9.97 Å². The van der Waals surface area contributed by atoms with E-state index in [1.54, 1.807) is 26.2 Å². The number of anilines is 2. The molecule has 0 saturated carbocycles. The molecular formula is C25H28N6O2. The first kappa shape index (κ1) is 22.4. The van der Waals surface area contributed by atoms with Crippen molar-refractivity contribution in [2.24, 2.45) is 0 Å². The lowest BCUT2D eigenvalue weighted by atomic mass is 9.83.